The molecule has 2 aromatic heterocycles. The lowest BCUT2D eigenvalue weighted by Gasteiger charge is -2.39. The van der Waals surface area contributed by atoms with Gasteiger partial charge in [0, 0.05) is 43.7 Å². The summed E-state index contributed by atoms with van der Waals surface area (Å²) in [5, 5.41) is 4.17. The SMILES string of the molecule is CN(C)c1nc2c(c(=O)[nH]1)CCC21CCCN(c2nc(-c3ccccc3)no2)C1. The van der Waals surface area contributed by atoms with E-state index in [-0.39, 0.29) is 11.0 Å². The number of hydrogen-bond acceptors (Lipinski definition) is 7. The van der Waals surface area contributed by atoms with Crippen molar-refractivity contribution in [2.75, 3.05) is 37.0 Å². The van der Waals surface area contributed by atoms with E-state index in [9.17, 15) is 4.79 Å². The van der Waals surface area contributed by atoms with E-state index in [1.54, 1.807) is 0 Å². The van der Waals surface area contributed by atoms with Crippen LogP contribution in [0, 0.1) is 0 Å². The zero-order chi connectivity index (χ0) is 20.0. The smallest absolute Gasteiger partial charge is 0.324 e. The van der Waals surface area contributed by atoms with Gasteiger partial charge in [-0.05, 0) is 25.7 Å². The number of H-pyrrole nitrogens is 1. The molecule has 8 heteroatoms. The van der Waals surface area contributed by atoms with E-state index in [4.69, 9.17) is 9.51 Å². The van der Waals surface area contributed by atoms with Gasteiger partial charge >= 0.3 is 6.01 Å². The van der Waals surface area contributed by atoms with Gasteiger partial charge in [0.1, 0.15) is 0 Å². The lowest BCUT2D eigenvalue weighted by atomic mass is 9.77. The second-order valence-corrected chi connectivity index (χ2v) is 8.18. The summed E-state index contributed by atoms with van der Waals surface area (Å²) in [5.41, 5.74) is 2.54. The Morgan fingerprint density at radius 3 is 2.79 bits per heavy atom. The highest BCUT2D eigenvalue weighted by Crippen LogP contribution is 2.44. The topological polar surface area (TPSA) is 91.2 Å². The Kier molecular flexibility index (Phi) is 4.15. The summed E-state index contributed by atoms with van der Waals surface area (Å²) in [7, 11) is 3.78. The Morgan fingerprint density at radius 1 is 1.17 bits per heavy atom. The third-order valence-electron chi connectivity index (χ3n) is 6.08. The number of benzene rings is 1. The predicted octanol–water partition coefficient (Wildman–Crippen LogP) is 2.37. The van der Waals surface area contributed by atoms with Crippen molar-refractivity contribution in [3.8, 4) is 11.4 Å². The van der Waals surface area contributed by atoms with Gasteiger partial charge in [0.15, 0.2) is 0 Å². The minimum Gasteiger partial charge on any atom is -0.348 e. The Bertz CT molecular complexity index is 1090. The second-order valence-electron chi connectivity index (χ2n) is 8.18. The van der Waals surface area contributed by atoms with Crippen molar-refractivity contribution >= 4 is 12.0 Å². The van der Waals surface area contributed by atoms with Gasteiger partial charge in [0.05, 0.1) is 5.69 Å². The lowest BCUT2D eigenvalue weighted by molar-refractivity contribution is 0.313. The highest BCUT2D eigenvalue weighted by atomic mass is 16.5. The minimum absolute atomic E-state index is 0.0168. The first-order chi connectivity index (χ1) is 14.1. The van der Waals surface area contributed by atoms with E-state index in [2.05, 4.69) is 20.0 Å². The molecule has 3 heterocycles. The number of piperidine rings is 1. The molecule has 1 spiro atoms. The maximum Gasteiger partial charge on any atom is 0.324 e. The fraction of sp³-hybridized carbons (Fsp3) is 0.429. The highest BCUT2D eigenvalue weighted by Gasteiger charge is 2.45. The normalized spacial score (nSPS) is 20.8. The van der Waals surface area contributed by atoms with Crippen LogP contribution in [0.2, 0.25) is 0 Å². The van der Waals surface area contributed by atoms with Gasteiger partial charge < -0.3 is 14.3 Å². The van der Waals surface area contributed by atoms with Gasteiger partial charge in [-0.15, -0.1) is 0 Å². The average Bonchev–Trinajstić information content (AvgIpc) is 3.35. The fourth-order valence-corrected chi connectivity index (χ4v) is 4.59. The Labute approximate surface area is 168 Å². The maximum atomic E-state index is 12.6. The van der Waals surface area contributed by atoms with Gasteiger partial charge in [-0.25, -0.2) is 4.98 Å². The van der Waals surface area contributed by atoms with Crippen LogP contribution in [0.15, 0.2) is 39.6 Å². The first-order valence-electron chi connectivity index (χ1n) is 10.0. The van der Waals surface area contributed by atoms with Crippen LogP contribution < -0.4 is 15.4 Å². The first-order valence-corrected chi connectivity index (χ1v) is 10.0. The number of nitrogens with one attached hydrogen (secondary N) is 1. The number of fused-ring (bicyclic) bond motifs is 2. The standard InChI is InChI=1S/C21H24N6O2/c1-26(2)19-22-16-15(18(28)24-19)9-11-21(16)10-6-12-27(13-21)20-23-17(25-29-20)14-7-4-3-5-8-14/h3-5,7-8H,6,9-13H2,1-2H3,(H,22,24,28). The Morgan fingerprint density at radius 2 is 2.00 bits per heavy atom. The van der Waals surface area contributed by atoms with Gasteiger partial charge in [-0.3, -0.25) is 9.78 Å². The van der Waals surface area contributed by atoms with Crippen molar-refractivity contribution in [1.82, 2.24) is 20.1 Å². The molecule has 1 aliphatic heterocycles. The summed E-state index contributed by atoms with van der Waals surface area (Å²) in [6.07, 6.45) is 3.69. The summed E-state index contributed by atoms with van der Waals surface area (Å²) in [4.78, 5) is 29.0. The molecule has 1 aliphatic carbocycles. The number of aromatic nitrogens is 4. The molecule has 1 aromatic carbocycles. The van der Waals surface area contributed by atoms with Crippen LogP contribution in [0.25, 0.3) is 11.4 Å². The van der Waals surface area contributed by atoms with Crippen molar-refractivity contribution in [3.63, 3.8) is 0 Å². The zero-order valence-corrected chi connectivity index (χ0v) is 16.7. The van der Waals surface area contributed by atoms with Crippen molar-refractivity contribution in [2.45, 2.75) is 31.1 Å². The summed E-state index contributed by atoms with van der Waals surface area (Å²) in [6.45, 7) is 1.59. The van der Waals surface area contributed by atoms with Crippen molar-refractivity contribution in [2.24, 2.45) is 0 Å². The molecule has 150 valence electrons. The molecular weight excluding hydrogens is 368 g/mol. The van der Waals surface area contributed by atoms with E-state index in [0.29, 0.717) is 17.8 Å². The van der Waals surface area contributed by atoms with E-state index >= 15 is 0 Å². The van der Waals surface area contributed by atoms with Crippen LogP contribution in [-0.2, 0) is 11.8 Å². The highest BCUT2D eigenvalue weighted by molar-refractivity contribution is 5.55. The quantitative estimate of drug-likeness (QED) is 0.732. The molecule has 0 bridgehead atoms. The molecule has 1 fully saturated rings. The number of hydrogen-bond donors (Lipinski definition) is 1. The molecule has 2 aliphatic rings. The van der Waals surface area contributed by atoms with Crippen LogP contribution in [0.1, 0.15) is 30.5 Å². The van der Waals surface area contributed by atoms with E-state index in [1.807, 2.05) is 49.3 Å². The van der Waals surface area contributed by atoms with Crippen LogP contribution in [0.3, 0.4) is 0 Å². The van der Waals surface area contributed by atoms with Crippen LogP contribution in [0.5, 0.6) is 0 Å². The third kappa shape index (κ3) is 2.99. The summed E-state index contributed by atoms with van der Waals surface area (Å²) >= 11 is 0. The monoisotopic (exact) mass is 392 g/mol. The molecule has 8 nitrogen and oxygen atoms in total. The van der Waals surface area contributed by atoms with Gasteiger partial charge in [0.25, 0.3) is 5.56 Å². The molecule has 1 N–H and O–H groups in total. The van der Waals surface area contributed by atoms with Crippen molar-refractivity contribution in [1.29, 1.82) is 0 Å². The van der Waals surface area contributed by atoms with Gasteiger partial charge in [-0.1, -0.05) is 35.5 Å². The van der Waals surface area contributed by atoms with Crippen LogP contribution >= 0.6 is 0 Å². The zero-order valence-electron chi connectivity index (χ0n) is 16.7. The molecule has 0 amide bonds. The molecule has 1 saturated heterocycles. The Hall–Kier alpha value is -3.16. The van der Waals surface area contributed by atoms with Gasteiger partial charge in [0.2, 0.25) is 11.8 Å². The fourth-order valence-electron chi connectivity index (χ4n) is 4.59. The third-order valence-corrected chi connectivity index (χ3v) is 6.08. The molecule has 0 saturated carbocycles. The molecule has 0 radical (unpaired) electrons. The largest absolute Gasteiger partial charge is 0.348 e. The second kappa shape index (κ2) is 6.72. The summed E-state index contributed by atoms with van der Waals surface area (Å²) < 4.78 is 5.60. The average molecular weight is 392 g/mol. The minimum atomic E-state index is -0.145. The molecule has 3 aromatic rings. The lowest BCUT2D eigenvalue weighted by Crippen LogP contribution is -2.46. The molecule has 29 heavy (non-hydrogen) atoms. The molecule has 5 rings (SSSR count). The number of aromatic amines is 1. The van der Waals surface area contributed by atoms with Gasteiger partial charge in [-0.2, -0.15) is 4.98 Å². The van der Waals surface area contributed by atoms with Crippen molar-refractivity contribution < 1.29 is 4.52 Å². The molecule has 1 unspecified atom stereocenters. The summed E-state index contributed by atoms with van der Waals surface area (Å²) in [6, 6.07) is 10.4. The van der Waals surface area contributed by atoms with Crippen LogP contribution in [0.4, 0.5) is 12.0 Å². The van der Waals surface area contributed by atoms with E-state index in [0.717, 1.165) is 55.6 Å². The summed E-state index contributed by atoms with van der Waals surface area (Å²) in [5.74, 6) is 1.20. The number of anilines is 2. The van der Waals surface area contributed by atoms with Crippen LogP contribution in [-0.4, -0.2) is 47.3 Å². The number of rotatable bonds is 3. The van der Waals surface area contributed by atoms with E-state index in [1.165, 1.54) is 0 Å². The first kappa shape index (κ1) is 17.9. The molecular formula is C21H24N6O2. The Balaban J connectivity index is 1.47. The molecule has 1 atom stereocenters. The maximum absolute atomic E-state index is 12.6. The van der Waals surface area contributed by atoms with Crippen molar-refractivity contribution in [3.05, 3.63) is 51.9 Å². The van der Waals surface area contributed by atoms with E-state index < -0.39 is 0 Å². The number of nitrogens with zero attached hydrogens (tertiary/aromatic N) is 5. The predicted molar refractivity (Wildman–Crippen MR) is 110 cm³/mol.